The Morgan fingerprint density at radius 2 is 1.83 bits per heavy atom. The first-order chi connectivity index (χ1) is 14.5. The van der Waals surface area contributed by atoms with Crippen molar-refractivity contribution in [3.05, 3.63) is 71.6 Å². The number of fused-ring (bicyclic) bond motifs is 1. The minimum Gasteiger partial charge on any atom is -0.493 e. The fraction of sp³-hybridized carbons (Fsp3) is 0.360. The molecule has 1 heterocycles. The number of imidazole rings is 1. The number of benzene rings is 2. The number of aromatic nitrogens is 2. The third-order valence-electron chi connectivity index (χ3n) is 5.17. The Labute approximate surface area is 178 Å². The molecule has 0 aliphatic carbocycles. The van der Waals surface area contributed by atoms with Crippen molar-refractivity contribution < 1.29 is 9.53 Å². The molecule has 0 saturated heterocycles. The lowest BCUT2D eigenvalue weighted by molar-refractivity contribution is -0.117. The van der Waals surface area contributed by atoms with Gasteiger partial charge in [0.15, 0.2) is 0 Å². The molecule has 0 spiro atoms. The number of nitrogens with zero attached hydrogens (tertiary/aromatic N) is 2. The molecule has 0 atom stereocenters. The zero-order valence-corrected chi connectivity index (χ0v) is 18.2. The van der Waals surface area contributed by atoms with Crippen LogP contribution in [0.15, 0.2) is 54.6 Å². The van der Waals surface area contributed by atoms with E-state index < -0.39 is 0 Å². The summed E-state index contributed by atoms with van der Waals surface area (Å²) in [4.78, 5) is 16.5. The van der Waals surface area contributed by atoms with Crippen LogP contribution in [0, 0.1) is 13.8 Å². The molecule has 1 N–H and O–H groups in total. The molecular formula is C25H31N3O2. The van der Waals surface area contributed by atoms with Crippen molar-refractivity contribution in [1.82, 2.24) is 14.9 Å². The van der Waals surface area contributed by atoms with Gasteiger partial charge < -0.3 is 14.6 Å². The zero-order chi connectivity index (χ0) is 21.5. The highest BCUT2D eigenvalue weighted by atomic mass is 16.5. The number of amides is 1. The summed E-state index contributed by atoms with van der Waals surface area (Å²) in [5, 5.41) is 2.89. The number of rotatable bonds is 10. The second kappa shape index (κ2) is 10.1. The average molecular weight is 406 g/mol. The minimum absolute atomic E-state index is 0.0906. The molecule has 0 aliphatic heterocycles. The highest BCUT2D eigenvalue weighted by molar-refractivity contribution is 5.92. The Hall–Kier alpha value is -3.08. The number of hydrogen-bond acceptors (Lipinski definition) is 3. The van der Waals surface area contributed by atoms with E-state index in [1.807, 2.05) is 18.2 Å². The van der Waals surface area contributed by atoms with Crippen LogP contribution in [0.4, 0.5) is 0 Å². The molecule has 0 bridgehead atoms. The monoisotopic (exact) mass is 405 g/mol. The number of ether oxygens (including phenoxy) is 1. The molecule has 0 fully saturated rings. The topological polar surface area (TPSA) is 56.2 Å². The summed E-state index contributed by atoms with van der Waals surface area (Å²) in [7, 11) is 0. The molecule has 0 radical (unpaired) electrons. The molecular weight excluding hydrogens is 374 g/mol. The van der Waals surface area contributed by atoms with Gasteiger partial charge in [-0.05, 0) is 56.9 Å². The summed E-state index contributed by atoms with van der Waals surface area (Å²) in [5.74, 6) is 1.95. The van der Waals surface area contributed by atoms with Crippen molar-refractivity contribution in [2.45, 2.75) is 46.6 Å². The van der Waals surface area contributed by atoms with Crippen molar-refractivity contribution in [2.75, 3.05) is 13.2 Å². The van der Waals surface area contributed by atoms with E-state index in [1.54, 1.807) is 6.92 Å². The Morgan fingerprint density at radius 3 is 2.57 bits per heavy atom. The largest absolute Gasteiger partial charge is 0.493 e. The lowest BCUT2D eigenvalue weighted by Gasteiger charge is -2.13. The van der Waals surface area contributed by atoms with Crippen LogP contribution in [0.3, 0.4) is 0 Å². The number of carbonyl (C=O) groups is 1. The van der Waals surface area contributed by atoms with Crippen LogP contribution in [0.2, 0.25) is 0 Å². The van der Waals surface area contributed by atoms with Crippen molar-refractivity contribution in [1.29, 1.82) is 0 Å². The SMILES string of the molecule is C=C(C)C(=O)NCCCc1nc2ccccc2n1CCCOc1c(C)cccc1C. The predicted molar refractivity (Wildman–Crippen MR) is 122 cm³/mol. The van der Waals surface area contributed by atoms with E-state index in [-0.39, 0.29) is 5.91 Å². The van der Waals surface area contributed by atoms with Crippen LogP contribution in [-0.2, 0) is 17.8 Å². The third-order valence-corrected chi connectivity index (χ3v) is 5.17. The van der Waals surface area contributed by atoms with Crippen LogP contribution in [0.25, 0.3) is 11.0 Å². The molecule has 0 saturated carbocycles. The number of nitrogens with one attached hydrogen (secondary N) is 1. The first-order valence-corrected chi connectivity index (χ1v) is 10.5. The van der Waals surface area contributed by atoms with Gasteiger partial charge in [-0.25, -0.2) is 4.98 Å². The van der Waals surface area contributed by atoms with Crippen LogP contribution in [0.1, 0.15) is 36.7 Å². The number of aryl methyl sites for hydroxylation is 4. The summed E-state index contributed by atoms with van der Waals surface area (Å²) < 4.78 is 8.36. The first kappa shape index (κ1) is 21.6. The summed E-state index contributed by atoms with van der Waals surface area (Å²) in [6.07, 6.45) is 2.54. The van der Waals surface area contributed by atoms with Gasteiger partial charge in [0.05, 0.1) is 17.6 Å². The van der Waals surface area contributed by atoms with Gasteiger partial charge in [-0.1, -0.05) is 36.9 Å². The maximum Gasteiger partial charge on any atom is 0.246 e. The fourth-order valence-corrected chi connectivity index (χ4v) is 3.59. The Morgan fingerprint density at radius 1 is 1.10 bits per heavy atom. The van der Waals surface area contributed by atoms with E-state index in [0.29, 0.717) is 18.7 Å². The predicted octanol–water partition coefficient (Wildman–Crippen LogP) is 4.75. The van der Waals surface area contributed by atoms with Crippen LogP contribution >= 0.6 is 0 Å². The summed E-state index contributed by atoms with van der Waals surface area (Å²) in [6.45, 7) is 11.7. The van der Waals surface area contributed by atoms with Gasteiger partial charge in [-0.15, -0.1) is 0 Å². The molecule has 2 aromatic carbocycles. The van der Waals surface area contributed by atoms with E-state index in [0.717, 1.165) is 48.4 Å². The van der Waals surface area contributed by atoms with Gasteiger partial charge in [0, 0.05) is 25.1 Å². The Balaban J connectivity index is 1.61. The molecule has 3 aromatic rings. The van der Waals surface area contributed by atoms with Crippen molar-refractivity contribution in [2.24, 2.45) is 0 Å². The summed E-state index contributed by atoms with van der Waals surface area (Å²) >= 11 is 0. The Kier molecular flexibility index (Phi) is 7.28. The number of para-hydroxylation sites is 3. The van der Waals surface area contributed by atoms with Crippen LogP contribution in [0.5, 0.6) is 5.75 Å². The Bertz CT molecular complexity index is 1020. The molecule has 3 rings (SSSR count). The zero-order valence-electron chi connectivity index (χ0n) is 18.2. The average Bonchev–Trinajstić information content (AvgIpc) is 3.07. The van der Waals surface area contributed by atoms with Gasteiger partial charge >= 0.3 is 0 Å². The molecule has 5 heteroatoms. The summed E-state index contributed by atoms with van der Waals surface area (Å²) in [5.41, 5.74) is 5.02. The number of hydrogen-bond donors (Lipinski definition) is 1. The van der Waals surface area contributed by atoms with E-state index in [9.17, 15) is 4.79 Å². The highest BCUT2D eigenvalue weighted by Crippen LogP contribution is 2.23. The lowest BCUT2D eigenvalue weighted by atomic mass is 10.1. The highest BCUT2D eigenvalue weighted by Gasteiger charge is 2.11. The van der Waals surface area contributed by atoms with Crippen molar-refractivity contribution in [3.8, 4) is 5.75 Å². The smallest absolute Gasteiger partial charge is 0.246 e. The van der Waals surface area contributed by atoms with Gasteiger partial charge in [-0.2, -0.15) is 0 Å². The quantitative estimate of drug-likeness (QED) is 0.391. The second-order valence-corrected chi connectivity index (χ2v) is 7.73. The van der Waals surface area contributed by atoms with E-state index in [2.05, 4.69) is 54.6 Å². The standard InChI is InChI=1S/C25H31N3O2/c1-18(2)25(29)26-15-8-14-23-27-21-12-5-6-13-22(21)28(23)16-9-17-30-24-19(3)10-7-11-20(24)4/h5-7,10-13H,1,8-9,14-17H2,2-4H3,(H,26,29). The molecule has 1 amide bonds. The van der Waals surface area contributed by atoms with E-state index in [4.69, 9.17) is 9.72 Å². The maximum absolute atomic E-state index is 11.7. The third kappa shape index (κ3) is 5.29. The van der Waals surface area contributed by atoms with Crippen LogP contribution in [-0.4, -0.2) is 28.6 Å². The van der Waals surface area contributed by atoms with Gasteiger partial charge in [-0.3, -0.25) is 4.79 Å². The normalized spacial score (nSPS) is 10.9. The fourth-order valence-electron chi connectivity index (χ4n) is 3.59. The molecule has 5 nitrogen and oxygen atoms in total. The lowest BCUT2D eigenvalue weighted by Crippen LogP contribution is -2.25. The first-order valence-electron chi connectivity index (χ1n) is 10.5. The molecule has 30 heavy (non-hydrogen) atoms. The van der Waals surface area contributed by atoms with Crippen molar-refractivity contribution >= 4 is 16.9 Å². The second-order valence-electron chi connectivity index (χ2n) is 7.73. The van der Waals surface area contributed by atoms with E-state index >= 15 is 0 Å². The molecule has 158 valence electrons. The minimum atomic E-state index is -0.0906. The van der Waals surface area contributed by atoms with E-state index in [1.165, 1.54) is 11.1 Å². The van der Waals surface area contributed by atoms with Gasteiger partial charge in [0.1, 0.15) is 11.6 Å². The molecule has 1 aromatic heterocycles. The molecule has 0 aliphatic rings. The maximum atomic E-state index is 11.7. The number of carbonyl (C=O) groups excluding carboxylic acids is 1. The van der Waals surface area contributed by atoms with Gasteiger partial charge in [0.2, 0.25) is 5.91 Å². The molecule has 0 unspecified atom stereocenters. The van der Waals surface area contributed by atoms with Crippen molar-refractivity contribution in [3.63, 3.8) is 0 Å². The summed E-state index contributed by atoms with van der Waals surface area (Å²) in [6, 6.07) is 14.4. The van der Waals surface area contributed by atoms with Gasteiger partial charge in [0.25, 0.3) is 0 Å². The van der Waals surface area contributed by atoms with Crippen LogP contribution < -0.4 is 10.1 Å².